The van der Waals surface area contributed by atoms with E-state index in [1.165, 1.54) is 33.5 Å². The normalized spacial score (nSPS) is 13.8. The van der Waals surface area contributed by atoms with Crippen LogP contribution in [0.3, 0.4) is 0 Å². The molecule has 1 aliphatic rings. The molecule has 0 aliphatic carbocycles. The van der Waals surface area contributed by atoms with E-state index in [0.29, 0.717) is 11.5 Å². The van der Waals surface area contributed by atoms with E-state index < -0.39 is 0 Å². The fraction of sp³-hybridized carbons (Fsp3) is 0.290. The van der Waals surface area contributed by atoms with Crippen molar-refractivity contribution in [2.24, 2.45) is 5.41 Å². The summed E-state index contributed by atoms with van der Waals surface area (Å²) in [6.07, 6.45) is 4.19. The van der Waals surface area contributed by atoms with E-state index in [0.717, 1.165) is 44.6 Å². The van der Waals surface area contributed by atoms with Gasteiger partial charge in [-0.25, -0.2) is 4.98 Å². The van der Waals surface area contributed by atoms with Gasteiger partial charge in [0.1, 0.15) is 5.82 Å². The molecule has 352 valence electrons. The first-order chi connectivity index (χ1) is 31.6. The minimum absolute atomic E-state index is 0. The van der Waals surface area contributed by atoms with Crippen molar-refractivity contribution in [3.8, 4) is 17.3 Å². The van der Waals surface area contributed by atoms with E-state index in [9.17, 15) is 0 Å². The topological polar surface area (TPSA) is 33.5 Å². The number of para-hydroxylation sites is 1. The van der Waals surface area contributed by atoms with E-state index in [1.54, 1.807) is 0 Å². The van der Waals surface area contributed by atoms with Gasteiger partial charge in [0.05, 0.1) is 0 Å². The Bertz CT molecular complexity index is 3120. The second kappa shape index (κ2) is 17.9. The molecule has 3 heterocycles. The van der Waals surface area contributed by atoms with Crippen LogP contribution in [-0.4, -0.2) is 9.55 Å². The zero-order valence-corrected chi connectivity index (χ0v) is 44.3. The third-order valence-corrected chi connectivity index (χ3v) is 13.7. The molecule has 6 heteroatoms. The van der Waals surface area contributed by atoms with E-state index in [1.807, 2.05) is 6.20 Å². The molecule has 0 atom stereocenters. The molecule has 0 amide bonds. The summed E-state index contributed by atoms with van der Waals surface area (Å²) in [4.78, 5) is 9.58. The van der Waals surface area contributed by atoms with Crippen molar-refractivity contribution in [3.63, 3.8) is 0 Å². The molecule has 2 aromatic heterocycles. The Morgan fingerprint density at radius 2 is 1.12 bits per heavy atom. The molecule has 0 radical (unpaired) electrons. The minimum atomic E-state index is -0.358. The minimum Gasteiger partial charge on any atom is -0.509 e. The van der Waals surface area contributed by atoms with Gasteiger partial charge in [0.2, 0.25) is 0 Å². The first-order valence-corrected chi connectivity index (χ1v) is 23.7. The molecule has 0 fully saturated rings. The maximum atomic E-state index is 7.15. The van der Waals surface area contributed by atoms with E-state index in [2.05, 4.69) is 269 Å². The van der Waals surface area contributed by atoms with Gasteiger partial charge in [-0.2, -0.15) is 0 Å². The zero-order chi connectivity index (χ0) is 47.7. The van der Waals surface area contributed by atoms with E-state index >= 15 is 0 Å². The number of nitrogens with zero attached hydrogens (tertiary/aromatic N) is 4. The van der Waals surface area contributed by atoms with Crippen molar-refractivity contribution in [2.45, 2.75) is 112 Å². The van der Waals surface area contributed by atoms with Crippen molar-refractivity contribution >= 4 is 33.2 Å². The number of pyridine rings is 1. The van der Waals surface area contributed by atoms with Crippen LogP contribution in [0.1, 0.15) is 123 Å². The number of ether oxygens (including phenoxy) is 1. The molecule has 0 N–H and O–H groups in total. The molecule has 8 aromatic rings. The predicted molar refractivity (Wildman–Crippen MR) is 281 cm³/mol. The van der Waals surface area contributed by atoms with Gasteiger partial charge in [0, 0.05) is 66.5 Å². The third kappa shape index (κ3) is 9.19. The number of benzene rings is 6. The zero-order valence-electron chi connectivity index (χ0n) is 42.0. The Morgan fingerprint density at radius 3 is 1.72 bits per heavy atom. The fourth-order valence-electron chi connectivity index (χ4n) is 9.47. The van der Waals surface area contributed by atoms with Crippen LogP contribution in [0, 0.1) is 24.2 Å². The first-order valence-electron chi connectivity index (χ1n) is 23.7. The van der Waals surface area contributed by atoms with Gasteiger partial charge in [0.25, 0.3) is 0 Å². The number of hydrogen-bond acceptors (Lipinski definition) is 4. The molecule has 0 saturated carbocycles. The van der Waals surface area contributed by atoms with Crippen molar-refractivity contribution in [1.29, 1.82) is 0 Å². The summed E-state index contributed by atoms with van der Waals surface area (Å²) in [5, 5.41) is 2.31. The molecular formula is C62H65N4OPt-3. The standard InChI is InChI=1S/C62H65N4O.Pt/c1-58(2,3)42-28-30-47(31-29-42)65-41-64(40-55(65)60(7,8)9)48-34-46(62(12,13)44-24-18-15-19-25-44)35-49(37-48)67-50-38-52(59(4,5)6)57-51-26-20-21-27-53(51)66(54(57)39-50)56-36-45(32-33-63-56)61(10,11)43-22-16-14-17-23-43;/h14-36,38,40-41H,1-13H3;/q-3;. The Labute approximate surface area is 420 Å². The van der Waals surface area contributed by atoms with Gasteiger partial charge in [-0.3, -0.25) is 0 Å². The smallest absolute Gasteiger partial charge is 0.135 e. The summed E-state index contributed by atoms with van der Waals surface area (Å²) in [6.45, 7) is 31.7. The van der Waals surface area contributed by atoms with Gasteiger partial charge in [-0.1, -0.05) is 192 Å². The van der Waals surface area contributed by atoms with Crippen molar-refractivity contribution in [3.05, 3.63) is 210 Å². The van der Waals surface area contributed by atoms with Gasteiger partial charge < -0.3 is 19.1 Å². The van der Waals surface area contributed by atoms with E-state index in [4.69, 9.17) is 9.72 Å². The van der Waals surface area contributed by atoms with Crippen molar-refractivity contribution < 1.29 is 25.8 Å². The summed E-state index contributed by atoms with van der Waals surface area (Å²) < 4.78 is 9.41. The van der Waals surface area contributed by atoms with Crippen LogP contribution in [-0.2, 0) is 42.7 Å². The van der Waals surface area contributed by atoms with Crippen LogP contribution in [0.4, 0.5) is 11.4 Å². The Hall–Kier alpha value is -5.90. The summed E-state index contributed by atoms with van der Waals surface area (Å²) in [5.74, 6) is 2.08. The Kier molecular flexibility index (Phi) is 12.8. The number of allylic oxidation sites excluding steroid dienone is 1. The van der Waals surface area contributed by atoms with Crippen LogP contribution in [0.15, 0.2) is 158 Å². The molecule has 9 rings (SSSR count). The molecule has 68 heavy (non-hydrogen) atoms. The molecule has 1 aliphatic heterocycles. The SMILES string of the molecule is CC(C)(C)C1=CN(c2[c-]c(Oc3[c-]c4c(c(C(C)(C)C)c3)c3ccccc3n4-c3cc(C(C)(C)c4ccccc4)ccn3)cc(C(C)(C)c3ccccc3)c2)[CH-]N1c1ccc(C(C)(C)C)cc1.[Pt]. The number of hydrogen-bond donors (Lipinski definition) is 0. The fourth-order valence-corrected chi connectivity index (χ4v) is 9.47. The second-order valence-corrected chi connectivity index (χ2v) is 22.4. The molecule has 5 nitrogen and oxygen atoms in total. The third-order valence-electron chi connectivity index (χ3n) is 13.7. The van der Waals surface area contributed by atoms with Crippen LogP contribution in [0.5, 0.6) is 11.5 Å². The quantitative estimate of drug-likeness (QED) is 0.135. The Balaban J connectivity index is 0.00000625. The molecule has 0 unspecified atom stereocenters. The summed E-state index contributed by atoms with van der Waals surface area (Å²) in [6, 6.07) is 57.6. The van der Waals surface area contributed by atoms with Crippen LogP contribution in [0.2, 0.25) is 0 Å². The van der Waals surface area contributed by atoms with Gasteiger partial charge in [-0.15, -0.1) is 53.8 Å². The van der Waals surface area contributed by atoms with Crippen LogP contribution >= 0.6 is 0 Å². The molecule has 6 aromatic carbocycles. The van der Waals surface area contributed by atoms with E-state index in [-0.39, 0.29) is 48.1 Å². The molecule has 0 saturated heterocycles. The molecular weight excluding hydrogens is 1010 g/mol. The van der Waals surface area contributed by atoms with Gasteiger partial charge >= 0.3 is 0 Å². The summed E-state index contributed by atoms with van der Waals surface area (Å²) in [7, 11) is 0. The predicted octanol–water partition coefficient (Wildman–Crippen LogP) is 16.1. The average molecular weight is 1080 g/mol. The maximum Gasteiger partial charge on any atom is 0.135 e. The maximum absolute atomic E-state index is 7.15. The monoisotopic (exact) mass is 1080 g/mol. The van der Waals surface area contributed by atoms with Crippen molar-refractivity contribution in [1.82, 2.24) is 9.55 Å². The largest absolute Gasteiger partial charge is 0.509 e. The Morgan fingerprint density at radius 1 is 0.529 bits per heavy atom. The first kappa shape index (κ1) is 48.6. The van der Waals surface area contributed by atoms with Gasteiger partial charge in [0.15, 0.2) is 0 Å². The summed E-state index contributed by atoms with van der Waals surface area (Å²) >= 11 is 0. The van der Waals surface area contributed by atoms with Crippen LogP contribution < -0.4 is 14.5 Å². The number of aromatic nitrogens is 2. The molecule has 0 bridgehead atoms. The second-order valence-electron chi connectivity index (χ2n) is 22.4. The number of fused-ring (bicyclic) bond motifs is 3. The summed E-state index contributed by atoms with van der Waals surface area (Å²) in [5.41, 5.74) is 11.5. The number of rotatable bonds is 9. The average Bonchev–Trinajstić information content (AvgIpc) is 3.90. The van der Waals surface area contributed by atoms with Crippen LogP contribution in [0.25, 0.3) is 27.6 Å². The van der Waals surface area contributed by atoms with Gasteiger partial charge in [-0.05, 0) is 80.4 Å². The van der Waals surface area contributed by atoms with Crippen molar-refractivity contribution in [2.75, 3.05) is 9.80 Å². The molecule has 0 spiro atoms. The number of anilines is 2.